The summed E-state index contributed by atoms with van der Waals surface area (Å²) in [6.07, 6.45) is -4.64. The van der Waals surface area contributed by atoms with Crippen LogP contribution in [0.1, 0.15) is 0 Å². The van der Waals surface area contributed by atoms with E-state index >= 15 is 0 Å². The van der Waals surface area contributed by atoms with Crippen LogP contribution in [0.4, 0.5) is 18.9 Å². The Balaban J connectivity index is 2.50. The minimum atomic E-state index is -4.64. The molecule has 1 N–H and O–H groups in total. The molecular weight excluding hydrogens is 301 g/mol. The Labute approximate surface area is 111 Å². The molecule has 0 unspecified atom stereocenters. The van der Waals surface area contributed by atoms with Crippen LogP contribution < -0.4 is 5.32 Å². The smallest absolute Gasteiger partial charge is 0.381 e. The molecule has 0 aliphatic heterocycles. The van der Waals surface area contributed by atoms with Crippen LogP contribution in [0, 0.1) is 0 Å². The Morgan fingerprint density at radius 1 is 1.06 bits per heavy atom. The van der Waals surface area contributed by atoms with Crippen molar-refractivity contribution in [3.63, 3.8) is 0 Å². The van der Waals surface area contributed by atoms with E-state index < -0.39 is 13.0 Å². The van der Waals surface area contributed by atoms with Crippen LogP contribution in [-0.2, 0) is 4.74 Å². The van der Waals surface area contributed by atoms with Crippen molar-refractivity contribution in [2.24, 2.45) is 0 Å². The number of nitrogens with one attached hydrogen (secondary N) is 1. The molecule has 1 aromatic carbocycles. The summed E-state index contributed by atoms with van der Waals surface area (Å²) in [6, 6.07) is 2.83. The number of rotatable bonds is 4. The van der Waals surface area contributed by atoms with Crippen molar-refractivity contribution >= 4 is 40.5 Å². The first-order valence-electron chi connectivity index (χ1n) is 4.38. The summed E-state index contributed by atoms with van der Waals surface area (Å²) in [6.45, 7) is -0.586. The minimum absolute atomic E-state index is 0.0583. The Kier molecular flexibility index (Phi) is 5.19. The van der Waals surface area contributed by atoms with E-state index in [1.165, 1.54) is 12.1 Å². The lowest BCUT2D eigenvalue weighted by molar-refractivity contribution is -0.322. The van der Waals surface area contributed by atoms with Crippen molar-refractivity contribution in [3.05, 3.63) is 27.2 Å². The van der Waals surface area contributed by atoms with Gasteiger partial charge in [0.1, 0.15) is 0 Å². The molecule has 1 aromatic rings. The molecule has 0 aliphatic carbocycles. The largest absolute Gasteiger partial charge is 0.522 e. The van der Waals surface area contributed by atoms with Crippen molar-refractivity contribution in [2.75, 3.05) is 18.5 Å². The topological polar surface area (TPSA) is 21.3 Å². The predicted octanol–water partition coefficient (Wildman–Crippen LogP) is 4.60. The maximum absolute atomic E-state index is 11.7. The van der Waals surface area contributed by atoms with E-state index in [9.17, 15) is 13.2 Å². The van der Waals surface area contributed by atoms with Gasteiger partial charge >= 0.3 is 6.36 Å². The third kappa shape index (κ3) is 5.21. The highest BCUT2D eigenvalue weighted by Crippen LogP contribution is 2.32. The molecule has 2 nitrogen and oxygen atoms in total. The van der Waals surface area contributed by atoms with Crippen LogP contribution in [0.2, 0.25) is 15.1 Å². The highest BCUT2D eigenvalue weighted by atomic mass is 35.5. The third-order valence-electron chi connectivity index (χ3n) is 1.69. The van der Waals surface area contributed by atoms with Gasteiger partial charge in [-0.3, -0.25) is 4.74 Å². The molecule has 0 fully saturated rings. The van der Waals surface area contributed by atoms with E-state index in [-0.39, 0.29) is 21.6 Å². The van der Waals surface area contributed by atoms with Gasteiger partial charge in [0.25, 0.3) is 0 Å². The fourth-order valence-corrected chi connectivity index (χ4v) is 1.62. The second-order valence-corrected chi connectivity index (χ2v) is 4.19. The van der Waals surface area contributed by atoms with Gasteiger partial charge in [0.2, 0.25) is 0 Å². The lowest BCUT2D eigenvalue weighted by atomic mass is 10.3. The van der Waals surface area contributed by atoms with Crippen LogP contribution in [0.3, 0.4) is 0 Å². The van der Waals surface area contributed by atoms with Gasteiger partial charge < -0.3 is 5.32 Å². The standard InChI is InChI=1S/C9H7Cl3F3NO/c10-5-3-7(12)8(4-6(5)11)16-1-2-17-9(13,14)15/h3-4,16H,1-2H2. The highest BCUT2D eigenvalue weighted by molar-refractivity contribution is 6.44. The molecule has 0 saturated heterocycles. The lowest BCUT2D eigenvalue weighted by Gasteiger charge is -2.11. The first kappa shape index (κ1) is 14.7. The van der Waals surface area contributed by atoms with Crippen LogP contribution >= 0.6 is 34.8 Å². The SMILES string of the molecule is FC(F)(F)OCCNc1cc(Cl)c(Cl)cc1Cl. The first-order valence-corrected chi connectivity index (χ1v) is 5.52. The average Bonchev–Trinajstić information content (AvgIpc) is 2.18. The van der Waals surface area contributed by atoms with E-state index in [2.05, 4.69) is 10.1 Å². The molecule has 0 saturated carbocycles. The highest BCUT2D eigenvalue weighted by Gasteiger charge is 2.28. The molecule has 96 valence electrons. The molecule has 0 atom stereocenters. The summed E-state index contributed by atoms with van der Waals surface area (Å²) in [5, 5.41) is 3.45. The number of benzene rings is 1. The molecule has 1 rings (SSSR count). The van der Waals surface area contributed by atoms with E-state index in [0.717, 1.165) is 0 Å². The lowest BCUT2D eigenvalue weighted by Crippen LogP contribution is -2.19. The van der Waals surface area contributed by atoms with E-state index in [1.54, 1.807) is 0 Å². The average molecular weight is 309 g/mol. The zero-order valence-corrected chi connectivity index (χ0v) is 10.5. The maximum Gasteiger partial charge on any atom is 0.522 e. The fourth-order valence-electron chi connectivity index (χ4n) is 1.01. The van der Waals surface area contributed by atoms with Gasteiger partial charge in [-0.25, -0.2) is 0 Å². The third-order valence-corrected chi connectivity index (χ3v) is 2.73. The molecule has 0 heterocycles. The molecule has 0 amide bonds. The van der Waals surface area contributed by atoms with Crippen molar-refractivity contribution in [3.8, 4) is 0 Å². The predicted molar refractivity (Wildman–Crippen MR) is 62.0 cm³/mol. The van der Waals surface area contributed by atoms with Crippen LogP contribution in [-0.4, -0.2) is 19.5 Å². The number of halogens is 6. The summed E-state index contributed by atoms with van der Waals surface area (Å²) in [5.41, 5.74) is 0.395. The molecule has 0 radical (unpaired) electrons. The summed E-state index contributed by atoms with van der Waals surface area (Å²) in [4.78, 5) is 0. The van der Waals surface area contributed by atoms with Crippen molar-refractivity contribution < 1.29 is 17.9 Å². The number of hydrogen-bond acceptors (Lipinski definition) is 2. The van der Waals surface area contributed by atoms with Crippen molar-refractivity contribution in [1.82, 2.24) is 0 Å². The fraction of sp³-hybridized carbons (Fsp3) is 0.333. The van der Waals surface area contributed by atoms with E-state index in [1.807, 2.05) is 0 Å². The number of hydrogen-bond donors (Lipinski definition) is 1. The Bertz CT molecular complexity index is 398. The summed E-state index contributed by atoms with van der Waals surface area (Å²) >= 11 is 17.2. The van der Waals surface area contributed by atoms with E-state index in [0.29, 0.717) is 5.69 Å². The zero-order chi connectivity index (χ0) is 13.1. The second kappa shape index (κ2) is 6.00. The Hall–Kier alpha value is -0.360. The number of ether oxygens (including phenoxy) is 1. The van der Waals surface area contributed by atoms with Gasteiger partial charge in [-0.15, -0.1) is 13.2 Å². The first-order chi connectivity index (χ1) is 7.79. The monoisotopic (exact) mass is 307 g/mol. The number of alkyl halides is 3. The molecule has 0 aliphatic rings. The van der Waals surface area contributed by atoms with Crippen LogP contribution in [0.15, 0.2) is 12.1 Å². The minimum Gasteiger partial charge on any atom is -0.381 e. The van der Waals surface area contributed by atoms with Crippen molar-refractivity contribution in [2.45, 2.75) is 6.36 Å². The quantitative estimate of drug-likeness (QED) is 0.648. The molecule has 0 bridgehead atoms. The van der Waals surface area contributed by atoms with Gasteiger partial charge in [0, 0.05) is 6.54 Å². The van der Waals surface area contributed by atoms with Gasteiger partial charge in [-0.1, -0.05) is 34.8 Å². The molecule has 0 spiro atoms. The molecular formula is C9H7Cl3F3NO. The van der Waals surface area contributed by atoms with Crippen molar-refractivity contribution in [1.29, 1.82) is 0 Å². The molecule has 0 aromatic heterocycles. The summed E-state index contributed by atoms with van der Waals surface area (Å²) < 4.78 is 38.6. The maximum atomic E-state index is 11.7. The number of anilines is 1. The summed E-state index contributed by atoms with van der Waals surface area (Å²) in [7, 11) is 0. The second-order valence-electron chi connectivity index (χ2n) is 2.97. The molecule has 17 heavy (non-hydrogen) atoms. The van der Waals surface area contributed by atoms with E-state index in [4.69, 9.17) is 34.8 Å². The van der Waals surface area contributed by atoms with Gasteiger partial charge in [0.05, 0.1) is 27.4 Å². The van der Waals surface area contributed by atoms with Gasteiger partial charge in [-0.05, 0) is 12.1 Å². The molecule has 8 heteroatoms. The Morgan fingerprint density at radius 2 is 1.65 bits per heavy atom. The van der Waals surface area contributed by atoms with Gasteiger partial charge in [-0.2, -0.15) is 0 Å². The van der Waals surface area contributed by atoms with Gasteiger partial charge in [0.15, 0.2) is 0 Å². The van der Waals surface area contributed by atoms with Crippen LogP contribution in [0.5, 0.6) is 0 Å². The zero-order valence-electron chi connectivity index (χ0n) is 8.24. The van der Waals surface area contributed by atoms with Crippen LogP contribution in [0.25, 0.3) is 0 Å². The normalized spacial score (nSPS) is 11.6. The Morgan fingerprint density at radius 3 is 2.24 bits per heavy atom. The summed E-state index contributed by atoms with van der Waals surface area (Å²) in [5.74, 6) is 0.